The molecule has 1 aromatic heterocycles. The number of benzene rings is 2. The number of rotatable bonds is 6. The van der Waals surface area contributed by atoms with Gasteiger partial charge in [-0.1, -0.05) is 6.07 Å². The van der Waals surface area contributed by atoms with Crippen molar-refractivity contribution in [2.45, 2.75) is 6.42 Å². The van der Waals surface area contributed by atoms with E-state index in [0.717, 1.165) is 0 Å². The van der Waals surface area contributed by atoms with Crippen LogP contribution in [0.25, 0.3) is 10.9 Å². The second-order valence-corrected chi connectivity index (χ2v) is 6.10. The topological polar surface area (TPSA) is 159 Å². The highest BCUT2D eigenvalue weighted by atomic mass is 16.2. The summed E-state index contributed by atoms with van der Waals surface area (Å²) in [5, 5.41) is 8.11. The number of nitrogens with two attached hydrogens (primary N) is 1. The van der Waals surface area contributed by atoms with E-state index in [4.69, 9.17) is 5.73 Å². The van der Waals surface area contributed by atoms with Gasteiger partial charge in [-0.2, -0.15) is 0 Å². The van der Waals surface area contributed by atoms with Crippen LogP contribution in [0.3, 0.4) is 0 Å². The smallest absolute Gasteiger partial charge is 0.319 e. The summed E-state index contributed by atoms with van der Waals surface area (Å²) in [6.45, 7) is 0.119. The number of carbonyl (C=O) groups is 3. The highest BCUT2D eigenvalue weighted by Gasteiger charge is 2.10. The number of nitrogens with zero attached hydrogens (tertiary/aromatic N) is 1. The van der Waals surface area contributed by atoms with Crippen LogP contribution >= 0.6 is 0 Å². The molecule has 0 aliphatic heterocycles. The molecule has 0 unspecified atom stereocenters. The lowest BCUT2D eigenvalue weighted by molar-refractivity contribution is -0.117. The van der Waals surface area contributed by atoms with Crippen molar-refractivity contribution < 1.29 is 14.4 Å². The molecular weight excluding hydrogens is 376 g/mol. The van der Waals surface area contributed by atoms with Crippen LogP contribution in [0, 0.1) is 0 Å². The molecule has 4 amide bonds. The van der Waals surface area contributed by atoms with E-state index in [1.165, 1.54) is 12.4 Å². The number of primary amides is 1. The van der Waals surface area contributed by atoms with Gasteiger partial charge in [0.25, 0.3) is 11.5 Å². The van der Waals surface area contributed by atoms with Crippen molar-refractivity contribution in [1.29, 1.82) is 0 Å². The number of carbonyl (C=O) groups excluding carboxylic acids is 3. The first-order valence-electron chi connectivity index (χ1n) is 8.64. The van der Waals surface area contributed by atoms with Crippen LogP contribution in [-0.4, -0.2) is 34.4 Å². The molecule has 148 valence electrons. The molecule has 0 spiro atoms. The number of nitrogens with one attached hydrogen (secondary N) is 4. The van der Waals surface area contributed by atoms with Crippen molar-refractivity contribution in [2.24, 2.45) is 5.73 Å². The van der Waals surface area contributed by atoms with Crippen molar-refractivity contribution in [3.8, 4) is 0 Å². The Hall–Kier alpha value is -4.21. The third kappa shape index (κ3) is 5.16. The predicted octanol–water partition coefficient (Wildman–Crippen LogP) is 1.17. The fourth-order valence-corrected chi connectivity index (χ4v) is 2.56. The first-order valence-corrected chi connectivity index (χ1v) is 8.64. The van der Waals surface area contributed by atoms with Crippen LogP contribution in [0.5, 0.6) is 0 Å². The quantitative estimate of drug-likeness (QED) is 0.424. The Kier molecular flexibility index (Phi) is 5.83. The van der Waals surface area contributed by atoms with E-state index in [9.17, 15) is 19.2 Å². The first-order chi connectivity index (χ1) is 13.9. The summed E-state index contributed by atoms with van der Waals surface area (Å²) in [4.78, 5) is 53.4. The summed E-state index contributed by atoms with van der Waals surface area (Å²) in [7, 11) is 0. The van der Waals surface area contributed by atoms with Crippen molar-refractivity contribution >= 4 is 40.1 Å². The van der Waals surface area contributed by atoms with E-state index in [-0.39, 0.29) is 18.5 Å². The molecule has 1 heterocycles. The Morgan fingerprint density at radius 2 is 1.79 bits per heavy atom. The monoisotopic (exact) mass is 394 g/mol. The maximum atomic E-state index is 12.5. The maximum Gasteiger partial charge on any atom is 0.319 e. The summed E-state index contributed by atoms with van der Waals surface area (Å²) in [5.74, 6) is -0.931. The lowest BCUT2D eigenvalue weighted by Crippen LogP contribution is -2.31. The van der Waals surface area contributed by atoms with Gasteiger partial charge in [0, 0.05) is 29.9 Å². The number of urea groups is 1. The minimum atomic E-state index is -0.513. The second kappa shape index (κ2) is 8.65. The fourth-order valence-electron chi connectivity index (χ4n) is 2.56. The molecule has 0 bridgehead atoms. The van der Waals surface area contributed by atoms with Gasteiger partial charge in [0.2, 0.25) is 5.91 Å². The molecule has 0 saturated heterocycles. The summed E-state index contributed by atoms with van der Waals surface area (Å²) < 4.78 is 0. The predicted molar refractivity (Wildman–Crippen MR) is 108 cm³/mol. The van der Waals surface area contributed by atoms with E-state index < -0.39 is 17.8 Å². The number of hydrogen-bond donors (Lipinski definition) is 5. The number of aromatic amines is 1. The van der Waals surface area contributed by atoms with Gasteiger partial charge in [-0.25, -0.2) is 9.78 Å². The van der Waals surface area contributed by atoms with Gasteiger partial charge < -0.3 is 26.7 Å². The van der Waals surface area contributed by atoms with Crippen LogP contribution in [0.2, 0.25) is 0 Å². The van der Waals surface area contributed by atoms with Crippen LogP contribution in [0.1, 0.15) is 16.8 Å². The minimum absolute atomic E-state index is 0.0353. The number of aromatic nitrogens is 2. The highest BCUT2D eigenvalue weighted by molar-refractivity contribution is 6.06. The molecule has 3 rings (SSSR count). The van der Waals surface area contributed by atoms with Crippen molar-refractivity contribution in [3.05, 3.63) is 64.7 Å². The molecule has 10 nitrogen and oxygen atoms in total. The van der Waals surface area contributed by atoms with Gasteiger partial charge in [-0.05, 0) is 36.4 Å². The molecule has 29 heavy (non-hydrogen) atoms. The molecule has 0 radical (unpaired) electrons. The number of H-pyrrole nitrogens is 1. The van der Waals surface area contributed by atoms with E-state index in [1.807, 2.05) is 0 Å². The van der Waals surface area contributed by atoms with Crippen molar-refractivity contribution in [1.82, 2.24) is 15.3 Å². The Morgan fingerprint density at radius 1 is 1.03 bits per heavy atom. The standard InChI is InChI=1S/C19H18N6O4/c20-16(26)6-7-21-19(29)25-13-3-1-2-12(9-13)24-17(27)11-4-5-15-14(8-11)18(28)23-10-22-15/h1-5,8-10H,6-7H2,(H2,20,26)(H,24,27)(H2,21,25,29)(H,22,23,28). The van der Waals surface area contributed by atoms with E-state index in [0.29, 0.717) is 27.8 Å². The van der Waals surface area contributed by atoms with Gasteiger partial charge in [-0.15, -0.1) is 0 Å². The lowest BCUT2D eigenvalue weighted by Gasteiger charge is -2.10. The van der Waals surface area contributed by atoms with Gasteiger partial charge in [-0.3, -0.25) is 14.4 Å². The molecule has 0 atom stereocenters. The largest absolute Gasteiger partial charge is 0.370 e. The summed E-state index contributed by atoms with van der Waals surface area (Å²) in [6, 6.07) is 10.6. The number of fused-ring (bicyclic) bond motifs is 1. The SMILES string of the molecule is NC(=O)CCNC(=O)Nc1cccc(NC(=O)c2ccc3nc[nH]c(=O)c3c2)c1. The molecule has 0 aliphatic rings. The molecule has 6 N–H and O–H groups in total. The number of amides is 4. The molecule has 10 heteroatoms. The zero-order chi connectivity index (χ0) is 20.8. The third-order valence-corrected chi connectivity index (χ3v) is 3.94. The average molecular weight is 394 g/mol. The normalized spacial score (nSPS) is 10.3. The Balaban J connectivity index is 1.67. The average Bonchev–Trinajstić information content (AvgIpc) is 2.68. The van der Waals surface area contributed by atoms with Crippen LogP contribution in [0.15, 0.2) is 53.6 Å². The fraction of sp³-hybridized carbons (Fsp3) is 0.105. The van der Waals surface area contributed by atoms with Gasteiger partial charge >= 0.3 is 6.03 Å². The van der Waals surface area contributed by atoms with Crippen LogP contribution < -0.4 is 27.2 Å². The summed E-state index contributed by atoms with van der Waals surface area (Å²) in [5.41, 5.74) is 6.34. The zero-order valence-electron chi connectivity index (χ0n) is 15.2. The van der Waals surface area contributed by atoms with Gasteiger partial charge in [0.05, 0.1) is 17.2 Å². The van der Waals surface area contributed by atoms with Crippen molar-refractivity contribution in [2.75, 3.05) is 17.2 Å². The maximum absolute atomic E-state index is 12.5. The molecule has 3 aromatic rings. The van der Waals surface area contributed by atoms with Gasteiger partial charge in [0.1, 0.15) is 0 Å². The summed E-state index contributed by atoms with van der Waals surface area (Å²) >= 11 is 0. The van der Waals surface area contributed by atoms with E-state index in [2.05, 4.69) is 25.9 Å². The Labute approximate surface area is 164 Å². The van der Waals surface area contributed by atoms with Crippen LogP contribution in [-0.2, 0) is 4.79 Å². The first kappa shape index (κ1) is 19.5. The second-order valence-electron chi connectivity index (χ2n) is 6.10. The number of anilines is 2. The molecule has 0 fully saturated rings. The van der Waals surface area contributed by atoms with Crippen LogP contribution in [0.4, 0.5) is 16.2 Å². The lowest BCUT2D eigenvalue weighted by atomic mass is 10.1. The zero-order valence-corrected chi connectivity index (χ0v) is 15.2. The third-order valence-electron chi connectivity index (χ3n) is 3.94. The Bertz CT molecular complexity index is 1140. The minimum Gasteiger partial charge on any atom is -0.370 e. The Morgan fingerprint density at radius 3 is 2.55 bits per heavy atom. The van der Waals surface area contributed by atoms with E-state index >= 15 is 0 Å². The molecule has 0 saturated carbocycles. The summed E-state index contributed by atoms with van der Waals surface area (Å²) in [6.07, 6.45) is 1.33. The van der Waals surface area contributed by atoms with E-state index in [1.54, 1.807) is 36.4 Å². The number of hydrogen-bond acceptors (Lipinski definition) is 5. The molecule has 0 aliphatic carbocycles. The molecule has 2 aromatic carbocycles. The van der Waals surface area contributed by atoms with Crippen molar-refractivity contribution in [3.63, 3.8) is 0 Å². The highest BCUT2D eigenvalue weighted by Crippen LogP contribution is 2.17. The molecular formula is C19H18N6O4. The van der Waals surface area contributed by atoms with Gasteiger partial charge in [0.15, 0.2) is 0 Å².